The molecule has 0 radical (unpaired) electrons. The molecule has 3 amide bonds. The van der Waals surface area contributed by atoms with Crippen molar-refractivity contribution in [3.63, 3.8) is 0 Å². The fourth-order valence-electron chi connectivity index (χ4n) is 3.09. The van der Waals surface area contributed by atoms with Gasteiger partial charge in [-0.05, 0) is 18.2 Å². The Bertz CT molecular complexity index is 676. The minimum atomic E-state index is -0.156. The van der Waals surface area contributed by atoms with Crippen LogP contribution < -0.4 is 15.0 Å². The highest BCUT2D eigenvalue weighted by Crippen LogP contribution is 2.33. The van der Waals surface area contributed by atoms with Crippen LogP contribution in [0.5, 0.6) is 5.75 Å². The third kappa shape index (κ3) is 4.88. The number of hydrogen-bond acceptors (Lipinski definition) is 6. The number of ether oxygens (including phenoxy) is 2. The number of nitrogens with one attached hydrogen (secondary N) is 1. The standard InChI is InChI=1S/C18H26N4O5/c1-20-15-12-14(2-3-16(15)27-13-17(20)24)19-18(25)22-6-4-21(5-7-22)8-10-26-11-9-23/h2-3,12,23H,4-11,13H2,1H3,(H,19,25). The molecule has 0 atom stereocenters. The summed E-state index contributed by atoms with van der Waals surface area (Å²) in [4.78, 5) is 29.8. The van der Waals surface area contributed by atoms with E-state index < -0.39 is 0 Å². The Morgan fingerprint density at radius 2 is 2.04 bits per heavy atom. The van der Waals surface area contributed by atoms with Gasteiger partial charge in [0.05, 0.1) is 25.5 Å². The highest BCUT2D eigenvalue weighted by molar-refractivity contribution is 5.99. The van der Waals surface area contributed by atoms with Crippen molar-refractivity contribution in [3.05, 3.63) is 18.2 Å². The van der Waals surface area contributed by atoms with Crippen LogP contribution in [0, 0.1) is 0 Å². The highest BCUT2D eigenvalue weighted by atomic mass is 16.5. The molecule has 2 N–H and O–H groups in total. The number of benzene rings is 1. The van der Waals surface area contributed by atoms with E-state index >= 15 is 0 Å². The molecule has 2 heterocycles. The van der Waals surface area contributed by atoms with Crippen LogP contribution in [0.25, 0.3) is 0 Å². The largest absolute Gasteiger partial charge is 0.482 e. The van der Waals surface area contributed by atoms with Crippen molar-refractivity contribution in [2.75, 3.05) is 76.4 Å². The lowest BCUT2D eigenvalue weighted by Crippen LogP contribution is -2.50. The molecule has 1 saturated heterocycles. The number of hydrogen-bond donors (Lipinski definition) is 2. The Morgan fingerprint density at radius 3 is 2.78 bits per heavy atom. The van der Waals surface area contributed by atoms with E-state index in [1.54, 1.807) is 30.1 Å². The maximum absolute atomic E-state index is 12.5. The summed E-state index contributed by atoms with van der Waals surface area (Å²) in [7, 11) is 1.69. The van der Waals surface area contributed by atoms with Gasteiger partial charge in [-0.25, -0.2) is 4.79 Å². The van der Waals surface area contributed by atoms with Crippen LogP contribution in [0.1, 0.15) is 0 Å². The van der Waals surface area contributed by atoms with E-state index in [1.807, 2.05) is 0 Å². The number of amides is 3. The summed E-state index contributed by atoms with van der Waals surface area (Å²) in [6, 6.07) is 5.13. The van der Waals surface area contributed by atoms with Crippen LogP contribution in [-0.4, -0.2) is 93.0 Å². The lowest BCUT2D eigenvalue weighted by molar-refractivity contribution is -0.120. The van der Waals surface area contributed by atoms with Crippen molar-refractivity contribution in [2.45, 2.75) is 0 Å². The average Bonchev–Trinajstić information content (AvgIpc) is 2.69. The molecule has 0 bridgehead atoms. The second kappa shape index (κ2) is 9.03. The molecule has 2 aliphatic heterocycles. The predicted molar refractivity (Wildman–Crippen MR) is 100 cm³/mol. The van der Waals surface area contributed by atoms with E-state index in [4.69, 9.17) is 14.6 Å². The van der Waals surface area contributed by atoms with E-state index in [2.05, 4.69) is 10.2 Å². The first-order valence-electron chi connectivity index (χ1n) is 9.09. The zero-order chi connectivity index (χ0) is 19.2. The molecule has 0 saturated carbocycles. The molecular weight excluding hydrogens is 352 g/mol. The number of likely N-dealkylation sites (N-methyl/N-ethyl adjacent to an activating group) is 1. The van der Waals surface area contributed by atoms with Gasteiger partial charge in [-0.2, -0.15) is 0 Å². The van der Waals surface area contributed by atoms with Crippen LogP contribution in [0.4, 0.5) is 16.2 Å². The molecule has 1 fully saturated rings. The summed E-state index contributed by atoms with van der Waals surface area (Å²) in [5, 5.41) is 11.6. The number of aliphatic hydroxyl groups excluding tert-OH is 1. The average molecular weight is 378 g/mol. The number of carbonyl (C=O) groups is 2. The molecule has 9 heteroatoms. The molecule has 3 rings (SSSR count). The van der Waals surface area contributed by atoms with Crippen LogP contribution >= 0.6 is 0 Å². The first kappa shape index (κ1) is 19.4. The monoisotopic (exact) mass is 378 g/mol. The predicted octanol–water partition coefficient (Wildman–Crippen LogP) is 0.200. The molecule has 9 nitrogen and oxygen atoms in total. The number of urea groups is 1. The molecule has 148 valence electrons. The van der Waals surface area contributed by atoms with Gasteiger partial charge in [-0.3, -0.25) is 9.69 Å². The molecular formula is C18H26N4O5. The molecule has 1 aromatic carbocycles. The highest BCUT2D eigenvalue weighted by Gasteiger charge is 2.24. The first-order chi connectivity index (χ1) is 13.1. The number of aliphatic hydroxyl groups is 1. The first-order valence-corrected chi connectivity index (χ1v) is 9.09. The number of carbonyl (C=O) groups excluding carboxylic acids is 2. The molecule has 1 aromatic rings. The van der Waals surface area contributed by atoms with Gasteiger partial charge in [0.25, 0.3) is 5.91 Å². The second-order valence-corrected chi connectivity index (χ2v) is 6.52. The molecule has 0 unspecified atom stereocenters. The number of rotatable bonds is 6. The van der Waals surface area contributed by atoms with Gasteiger partial charge < -0.3 is 29.7 Å². The van der Waals surface area contributed by atoms with Crippen molar-refractivity contribution in [1.82, 2.24) is 9.80 Å². The SMILES string of the molecule is CN1C(=O)COc2ccc(NC(=O)N3CCN(CCOCCO)CC3)cc21. The topological polar surface area (TPSA) is 94.6 Å². The van der Waals surface area contributed by atoms with Gasteiger partial charge in [0.1, 0.15) is 5.75 Å². The van der Waals surface area contributed by atoms with Gasteiger partial charge in [0, 0.05) is 45.5 Å². The van der Waals surface area contributed by atoms with Crippen molar-refractivity contribution < 1.29 is 24.2 Å². The van der Waals surface area contributed by atoms with Gasteiger partial charge in [-0.1, -0.05) is 0 Å². The van der Waals surface area contributed by atoms with Crippen molar-refractivity contribution in [1.29, 1.82) is 0 Å². The summed E-state index contributed by atoms with van der Waals surface area (Å²) >= 11 is 0. The summed E-state index contributed by atoms with van der Waals surface area (Å²) in [5.74, 6) is 0.511. The molecule has 0 aromatic heterocycles. The minimum absolute atomic E-state index is 0.0323. The number of fused-ring (bicyclic) bond motifs is 1. The number of nitrogens with zero attached hydrogens (tertiary/aromatic N) is 3. The molecule has 27 heavy (non-hydrogen) atoms. The minimum Gasteiger partial charge on any atom is -0.482 e. The Labute approximate surface area is 158 Å². The Morgan fingerprint density at radius 1 is 1.26 bits per heavy atom. The Hall–Kier alpha value is -2.36. The van der Waals surface area contributed by atoms with E-state index in [0.717, 1.165) is 19.6 Å². The normalized spacial score (nSPS) is 17.5. The Kier molecular flexibility index (Phi) is 6.49. The van der Waals surface area contributed by atoms with Crippen LogP contribution in [-0.2, 0) is 9.53 Å². The van der Waals surface area contributed by atoms with Gasteiger partial charge in [-0.15, -0.1) is 0 Å². The maximum Gasteiger partial charge on any atom is 0.321 e. The van der Waals surface area contributed by atoms with Gasteiger partial charge in [0.15, 0.2) is 6.61 Å². The second-order valence-electron chi connectivity index (χ2n) is 6.52. The van der Waals surface area contributed by atoms with E-state index in [0.29, 0.717) is 43.4 Å². The quantitative estimate of drug-likeness (QED) is 0.687. The molecule has 0 aliphatic carbocycles. The summed E-state index contributed by atoms with van der Waals surface area (Å²) < 4.78 is 10.7. The third-order valence-electron chi connectivity index (χ3n) is 4.74. The summed E-state index contributed by atoms with van der Waals surface area (Å²) in [6.07, 6.45) is 0. The van der Waals surface area contributed by atoms with Crippen LogP contribution in [0.2, 0.25) is 0 Å². The zero-order valence-electron chi connectivity index (χ0n) is 15.5. The molecule has 2 aliphatic rings. The smallest absolute Gasteiger partial charge is 0.321 e. The van der Waals surface area contributed by atoms with Crippen molar-refractivity contribution in [2.24, 2.45) is 0 Å². The number of anilines is 2. The van der Waals surface area contributed by atoms with Gasteiger partial charge >= 0.3 is 6.03 Å². The third-order valence-corrected chi connectivity index (χ3v) is 4.74. The van der Waals surface area contributed by atoms with Gasteiger partial charge in [0.2, 0.25) is 0 Å². The fourth-order valence-corrected chi connectivity index (χ4v) is 3.09. The van der Waals surface area contributed by atoms with E-state index in [9.17, 15) is 9.59 Å². The lowest BCUT2D eigenvalue weighted by atomic mass is 10.2. The number of piperazine rings is 1. The summed E-state index contributed by atoms with van der Waals surface area (Å²) in [6.45, 7) is 4.63. The van der Waals surface area contributed by atoms with Crippen molar-refractivity contribution in [3.8, 4) is 5.75 Å². The van der Waals surface area contributed by atoms with Crippen molar-refractivity contribution >= 4 is 23.3 Å². The van der Waals surface area contributed by atoms with Crippen LogP contribution in [0.15, 0.2) is 18.2 Å². The van der Waals surface area contributed by atoms with Crippen LogP contribution in [0.3, 0.4) is 0 Å². The van der Waals surface area contributed by atoms with E-state index in [1.165, 1.54) is 4.90 Å². The Balaban J connectivity index is 1.49. The lowest BCUT2D eigenvalue weighted by Gasteiger charge is -2.34. The maximum atomic E-state index is 12.5. The molecule has 0 spiro atoms. The van der Waals surface area contributed by atoms with E-state index in [-0.39, 0.29) is 25.2 Å². The fraction of sp³-hybridized carbons (Fsp3) is 0.556. The zero-order valence-corrected chi connectivity index (χ0v) is 15.5. The summed E-state index contributed by atoms with van der Waals surface area (Å²) in [5.41, 5.74) is 1.28.